The number of methoxy groups -OCH3 is 1. The minimum Gasteiger partial charge on any atom is -0.450 e. The van der Waals surface area contributed by atoms with Crippen LogP contribution in [0.4, 0.5) is 4.79 Å². The van der Waals surface area contributed by atoms with Gasteiger partial charge in [-0.15, -0.1) is 5.10 Å². The summed E-state index contributed by atoms with van der Waals surface area (Å²) in [6.45, 7) is 3.32. The molecule has 0 unspecified atom stereocenters. The lowest BCUT2D eigenvalue weighted by Crippen LogP contribution is -2.48. The van der Waals surface area contributed by atoms with Gasteiger partial charge in [0.25, 0.3) is 0 Å². The van der Waals surface area contributed by atoms with Crippen LogP contribution >= 0.6 is 0 Å². The van der Waals surface area contributed by atoms with Gasteiger partial charge in [-0.2, -0.15) is 5.26 Å². The van der Waals surface area contributed by atoms with Gasteiger partial charge in [0.05, 0.1) is 24.5 Å². The van der Waals surface area contributed by atoms with Gasteiger partial charge >= 0.3 is 6.09 Å². The third-order valence-electron chi connectivity index (χ3n) is 4.76. The molecule has 3 heterocycles. The van der Waals surface area contributed by atoms with Crippen LogP contribution in [0.1, 0.15) is 31.0 Å². The summed E-state index contributed by atoms with van der Waals surface area (Å²) in [5.41, 5.74) is 7.26. The van der Waals surface area contributed by atoms with Crippen molar-refractivity contribution in [2.45, 2.75) is 31.8 Å². The SMILES string of the molecule is CCOC(=O)N1CCC2(CC1)C(C#N)=C(N)Oc1n[nH]c(COC)c12. The van der Waals surface area contributed by atoms with Crippen LogP contribution < -0.4 is 10.5 Å². The molecule has 1 amide bonds. The van der Waals surface area contributed by atoms with Gasteiger partial charge in [-0.1, -0.05) is 0 Å². The van der Waals surface area contributed by atoms with Crippen molar-refractivity contribution in [3.8, 4) is 11.9 Å². The molecule has 9 nitrogen and oxygen atoms in total. The number of likely N-dealkylation sites (tertiary alicyclic amines) is 1. The molecular weight excluding hydrogens is 326 g/mol. The summed E-state index contributed by atoms with van der Waals surface area (Å²) >= 11 is 0. The van der Waals surface area contributed by atoms with E-state index < -0.39 is 5.41 Å². The zero-order valence-corrected chi connectivity index (χ0v) is 14.3. The largest absolute Gasteiger partial charge is 0.450 e. The minimum absolute atomic E-state index is 0.0649. The molecule has 1 spiro atoms. The maximum absolute atomic E-state index is 12.0. The molecule has 9 heteroatoms. The molecule has 0 saturated carbocycles. The van der Waals surface area contributed by atoms with Crippen molar-refractivity contribution >= 4 is 6.09 Å². The van der Waals surface area contributed by atoms with E-state index in [1.165, 1.54) is 0 Å². The van der Waals surface area contributed by atoms with Gasteiger partial charge in [-0.05, 0) is 19.8 Å². The monoisotopic (exact) mass is 347 g/mol. The standard InChI is InChI=1S/C16H21N5O4/c1-3-24-15(22)21-6-4-16(5-7-21)10(8-17)13(18)25-14-12(16)11(9-23-2)19-20-14/h3-7,9,18H2,1-2H3,(H,19,20). The first-order valence-electron chi connectivity index (χ1n) is 8.14. The number of nitrogens with one attached hydrogen (secondary N) is 1. The van der Waals surface area contributed by atoms with E-state index in [2.05, 4.69) is 16.3 Å². The highest BCUT2D eigenvalue weighted by Crippen LogP contribution is 2.49. The average Bonchev–Trinajstić information content (AvgIpc) is 2.99. The number of allylic oxidation sites excluding steroid dienone is 1. The number of nitrogens with zero attached hydrogens (tertiary/aromatic N) is 3. The summed E-state index contributed by atoms with van der Waals surface area (Å²) in [4.78, 5) is 13.6. The van der Waals surface area contributed by atoms with Crippen LogP contribution in [0.15, 0.2) is 11.5 Å². The van der Waals surface area contributed by atoms with Gasteiger partial charge in [0.2, 0.25) is 11.8 Å². The van der Waals surface area contributed by atoms with Crippen molar-refractivity contribution in [3.63, 3.8) is 0 Å². The van der Waals surface area contributed by atoms with E-state index in [-0.39, 0.29) is 12.0 Å². The molecule has 0 aliphatic carbocycles. The van der Waals surface area contributed by atoms with E-state index in [4.69, 9.17) is 19.9 Å². The van der Waals surface area contributed by atoms with E-state index in [0.717, 1.165) is 11.3 Å². The highest BCUT2D eigenvalue weighted by atomic mass is 16.6. The van der Waals surface area contributed by atoms with Crippen LogP contribution in [-0.4, -0.2) is 48.0 Å². The number of nitriles is 1. The Labute approximate surface area is 145 Å². The van der Waals surface area contributed by atoms with Gasteiger partial charge in [0.15, 0.2) is 0 Å². The van der Waals surface area contributed by atoms with Crippen LogP contribution in [0.25, 0.3) is 0 Å². The highest BCUT2D eigenvalue weighted by Gasteiger charge is 2.49. The summed E-state index contributed by atoms with van der Waals surface area (Å²) < 4.78 is 15.8. The zero-order valence-electron chi connectivity index (χ0n) is 14.3. The second kappa shape index (κ2) is 6.64. The molecule has 134 valence electrons. The molecule has 0 bridgehead atoms. The minimum atomic E-state index is -0.643. The number of aromatic nitrogens is 2. The highest BCUT2D eigenvalue weighted by molar-refractivity contribution is 5.68. The molecule has 25 heavy (non-hydrogen) atoms. The molecule has 0 atom stereocenters. The first kappa shape index (κ1) is 17.1. The molecule has 1 aromatic heterocycles. The Morgan fingerprint density at radius 2 is 2.24 bits per heavy atom. The van der Waals surface area contributed by atoms with Crippen molar-refractivity contribution in [1.82, 2.24) is 15.1 Å². The Balaban J connectivity index is 1.98. The summed E-state index contributed by atoms with van der Waals surface area (Å²) in [6, 6.07) is 2.20. The number of nitrogens with two attached hydrogens (primary N) is 1. The number of carbonyl (C=O) groups excluding carboxylic acids is 1. The van der Waals surface area contributed by atoms with Crippen LogP contribution in [0, 0.1) is 11.3 Å². The van der Waals surface area contributed by atoms with Crippen molar-refractivity contribution in [3.05, 3.63) is 22.7 Å². The number of piperidine rings is 1. The molecule has 1 aromatic rings. The van der Waals surface area contributed by atoms with Crippen molar-refractivity contribution in [2.75, 3.05) is 26.8 Å². The van der Waals surface area contributed by atoms with Gasteiger partial charge in [0.1, 0.15) is 11.6 Å². The fraction of sp³-hybridized carbons (Fsp3) is 0.562. The van der Waals surface area contributed by atoms with E-state index >= 15 is 0 Å². The Hall–Kier alpha value is -2.73. The maximum Gasteiger partial charge on any atom is 0.409 e. The van der Waals surface area contributed by atoms with Gasteiger partial charge < -0.3 is 24.8 Å². The Morgan fingerprint density at radius 3 is 2.84 bits per heavy atom. The smallest absolute Gasteiger partial charge is 0.409 e. The fourth-order valence-electron chi connectivity index (χ4n) is 3.64. The van der Waals surface area contributed by atoms with Crippen molar-refractivity contribution in [1.29, 1.82) is 5.26 Å². The summed E-state index contributed by atoms with van der Waals surface area (Å²) in [7, 11) is 1.59. The Bertz CT molecular complexity index is 740. The molecule has 0 radical (unpaired) electrons. The zero-order chi connectivity index (χ0) is 18.0. The lowest BCUT2D eigenvalue weighted by Gasteiger charge is -2.43. The van der Waals surface area contributed by atoms with E-state index in [1.807, 2.05) is 0 Å². The second-order valence-corrected chi connectivity index (χ2v) is 6.04. The quantitative estimate of drug-likeness (QED) is 0.839. The second-order valence-electron chi connectivity index (χ2n) is 6.04. The van der Waals surface area contributed by atoms with Gasteiger partial charge in [0, 0.05) is 25.6 Å². The number of hydrogen-bond acceptors (Lipinski definition) is 7. The summed E-state index contributed by atoms with van der Waals surface area (Å²) in [5.74, 6) is 0.434. The van der Waals surface area contributed by atoms with Crippen LogP contribution in [0.3, 0.4) is 0 Å². The maximum atomic E-state index is 12.0. The van der Waals surface area contributed by atoms with E-state index in [9.17, 15) is 10.1 Å². The Morgan fingerprint density at radius 1 is 1.52 bits per heavy atom. The molecule has 2 aliphatic rings. The lowest BCUT2D eigenvalue weighted by atomic mass is 9.67. The summed E-state index contributed by atoms with van der Waals surface area (Å²) in [6.07, 6.45) is 0.716. The third kappa shape index (κ3) is 2.68. The third-order valence-corrected chi connectivity index (χ3v) is 4.76. The number of rotatable bonds is 3. The van der Waals surface area contributed by atoms with E-state index in [1.54, 1.807) is 18.9 Å². The Kier molecular flexibility index (Phi) is 4.55. The fourth-order valence-corrected chi connectivity index (χ4v) is 3.64. The molecular formula is C16H21N5O4. The number of carbonyl (C=O) groups is 1. The number of amides is 1. The molecule has 1 fully saturated rings. The predicted octanol–water partition coefficient (Wildman–Crippen LogP) is 1.13. The molecule has 1 saturated heterocycles. The summed E-state index contributed by atoms with van der Waals surface area (Å²) in [5, 5.41) is 16.8. The molecule has 3 rings (SSSR count). The van der Waals surface area contributed by atoms with Crippen LogP contribution in [0.2, 0.25) is 0 Å². The van der Waals surface area contributed by atoms with Crippen LogP contribution in [0.5, 0.6) is 5.88 Å². The number of fused-ring (bicyclic) bond motifs is 2. The topological polar surface area (TPSA) is 126 Å². The number of aromatic amines is 1. The van der Waals surface area contributed by atoms with Crippen LogP contribution in [-0.2, 0) is 21.5 Å². The molecule has 3 N–H and O–H groups in total. The van der Waals surface area contributed by atoms with Crippen molar-refractivity contribution in [2.24, 2.45) is 5.73 Å². The number of ether oxygens (including phenoxy) is 3. The van der Waals surface area contributed by atoms with E-state index in [0.29, 0.717) is 50.6 Å². The lowest BCUT2D eigenvalue weighted by molar-refractivity contribution is 0.0888. The van der Waals surface area contributed by atoms with Gasteiger partial charge in [-0.3, -0.25) is 5.10 Å². The predicted molar refractivity (Wildman–Crippen MR) is 86.3 cm³/mol. The first-order valence-corrected chi connectivity index (χ1v) is 8.14. The van der Waals surface area contributed by atoms with Gasteiger partial charge in [-0.25, -0.2) is 4.79 Å². The first-order chi connectivity index (χ1) is 12.1. The normalized spacial score (nSPS) is 18.5. The number of H-pyrrole nitrogens is 1. The molecule has 0 aromatic carbocycles. The number of hydrogen-bond donors (Lipinski definition) is 2. The molecule has 2 aliphatic heterocycles. The van der Waals surface area contributed by atoms with Crippen molar-refractivity contribution < 1.29 is 19.0 Å². The average molecular weight is 347 g/mol.